The number of ether oxygens (including phenoxy) is 1. The maximum absolute atomic E-state index is 14.9. The second kappa shape index (κ2) is 11.1. The Labute approximate surface area is 217 Å². The summed E-state index contributed by atoms with van der Waals surface area (Å²) in [7, 11) is 0. The van der Waals surface area contributed by atoms with E-state index in [1.54, 1.807) is 16.7 Å². The topological polar surface area (TPSA) is 85.3 Å². The number of rotatable bonds is 6. The predicted octanol–water partition coefficient (Wildman–Crippen LogP) is 2.50. The van der Waals surface area contributed by atoms with Crippen LogP contribution in [0.15, 0.2) is 36.4 Å². The minimum atomic E-state index is -0.708. The molecule has 0 spiro atoms. The summed E-state index contributed by atoms with van der Waals surface area (Å²) in [4.78, 5) is 30.6. The molecule has 5 rings (SSSR count). The van der Waals surface area contributed by atoms with Crippen LogP contribution in [0.5, 0.6) is 5.75 Å². The van der Waals surface area contributed by atoms with Crippen LogP contribution in [-0.2, 0) is 17.8 Å². The Balaban J connectivity index is 1.22. The van der Waals surface area contributed by atoms with E-state index in [9.17, 15) is 19.1 Å². The van der Waals surface area contributed by atoms with Gasteiger partial charge in [-0.25, -0.2) is 4.39 Å². The van der Waals surface area contributed by atoms with Gasteiger partial charge in [-0.05, 0) is 36.5 Å². The molecule has 0 radical (unpaired) electrons. The van der Waals surface area contributed by atoms with E-state index in [1.165, 1.54) is 23.3 Å². The number of aliphatic hydroxyl groups is 1. The smallest absolute Gasteiger partial charge is 0.257 e. The van der Waals surface area contributed by atoms with Crippen molar-refractivity contribution in [2.45, 2.75) is 44.9 Å². The van der Waals surface area contributed by atoms with Crippen LogP contribution in [0.1, 0.15) is 41.3 Å². The molecule has 3 aliphatic rings. The lowest BCUT2D eigenvalue weighted by molar-refractivity contribution is -0.129. The van der Waals surface area contributed by atoms with E-state index in [2.05, 4.69) is 28.4 Å². The molecule has 1 atom stereocenters. The van der Waals surface area contributed by atoms with Gasteiger partial charge in [-0.15, -0.1) is 0 Å². The Kier molecular flexibility index (Phi) is 7.62. The molecule has 1 fully saturated rings. The number of carbonyl (C=O) groups excluding carboxylic acids is 2. The number of nitrogens with zero attached hydrogens (tertiary/aromatic N) is 3. The first-order chi connectivity index (χ1) is 17.9. The first-order valence-corrected chi connectivity index (χ1v) is 13.1. The number of nitrogens with one attached hydrogen (secondary N) is 1. The van der Waals surface area contributed by atoms with E-state index in [-0.39, 0.29) is 42.4 Å². The van der Waals surface area contributed by atoms with Crippen LogP contribution in [0.25, 0.3) is 0 Å². The van der Waals surface area contributed by atoms with Crippen molar-refractivity contribution in [2.24, 2.45) is 0 Å². The number of halogens is 1. The second-order valence-electron chi connectivity index (χ2n) is 10.3. The molecule has 3 heterocycles. The highest BCUT2D eigenvalue weighted by Gasteiger charge is 2.29. The molecule has 0 bridgehead atoms. The Morgan fingerprint density at radius 1 is 1.14 bits per heavy atom. The molecule has 1 saturated heterocycles. The summed E-state index contributed by atoms with van der Waals surface area (Å²) < 4.78 is 20.6. The average molecular weight is 511 g/mol. The van der Waals surface area contributed by atoms with E-state index >= 15 is 0 Å². The number of fused-ring (bicyclic) bond motifs is 2. The van der Waals surface area contributed by atoms with Gasteiger partial charge in [0.15, 0.2) is 0 Å². The number of amides is 2. The fourth-order valence-corrected chi connectivity index (χ4v) is 5.54. The zero-order valence-electron chi connectivity index (χ0n) is 21.3. The fourth-order valence-electron chi connectivity index (χ4n) is 5.54. The van der Waals surface area contributed by atoms with Gasteiger partial charge in [-0.2, -0.15) is 0 Å². The first kappa shape index (κ1) is 25.5. The first-order valence-electron chi connectivity index (χ1n) is 13.1. The van der Waals surface area contributed by atoms with E-state index in [0.717, 1.165) is 19.5 Å². The van der Waals surface area contributed by atoms with Crippen molar-refractivity contribution in [3.05, 3.63) is 58.9 Å². The van der Waals surface area contributed by atoms with Gasteiger partial charge in [-0.1, -0.05) is 24.3 Å². The molecule has 8 nitrogen and oxygen atoms in total. The molecular weight excluding hydrogens is 475 g/mol. The quantitative estimate of drug-likeness (QED) is 0.621. The normalized spacial score (nSPS) is 19.5. The third kappa shape index (κ3) is 5.88. The number of aliphatic hydroxyl groups excluding tert-OH is 1. The number of likely N-dealkylation sites (tertiary alicyclic amines) is 1. The SMILES string of the molecule is CC(=O)N1CCC(Nc2cc3c(cc2F)OCCN(CC(O)CN2CCc4ccccc4C2)C3=O)CC1. The maximum Gasteiger partial charge on any atom is 0.257 e. The van der Waals surface area contributed by atoms with Crippen molar-refractivity contribution in [2.75, 3.05) is 51.2 Å². The number of hydrogen-bond acceptors (Lipinski definition) is 6. The summed E-state index contributed by atoms with van der Waals surface area (Å²) in [6.07, 6.45) is 1.65. The maximum atomic E-state index is 14.9. The molecule has 3 aliphatic heterocycles. The van der Waals surface area contributed by atoms with Crippen molar-refractivity contribution in [3.8, 4) is 5.75 Å². The number of benzene rings is 2. The van der Waals surface area contributed by atoms with Crippen molar-refractivity contribution >= 4 is 17.5 Å². The molecule has 0 saturated carbocycles. The van der Waals surface area contributed by atoms with Crippen LogP contribution in [0, 0.1) is 5.82 Å². The zero-order valence-corrected chi connectivity index (χ0v) is 21.3. The van der Waals surface area contributed by atoms with E-state index in [1.807, 2.05) is 6.07 Å². The Morgan fingerprint density at radius 2 is 1.89 bits per heavy atom. The Bertz CT molecular complexity index is 1150. The molecule has 0 aliphatic carbocycles. The van der Waals surface area contributed by atoms with Crippen LogP contribution < -0.4 is 10.1 Å². The average Bonchev–Trinajstić information content (AvgIpc) is 3.03. The van der Waals surface area contributed by atoms with Crippen molar-refractivity contribution in [1.29, 1.82) is 0 Å². The summed E-state index contributed by atoms with van der Waals surface area (Å²) in [5.74, 6) is -0.474. The lowest BCUT2D eigenvalue weighted by atomic mass is 10.00. The van der Waals surface area contributed by atoms with Crippen LogP contribution in [-0.4, -0.2) is 89.6 Å². The van der Waals surface area contributed by atoms with Crippen LogP contribution in [0.2, 0.25) is 0 Å². The van der Waals surface area contributed by atoms with Gasteiger partial charge < -0.3 is 25.0 Å². The molecule has 0 aromatic heterocycles. The Hall–Kier alpha value is -3.17. The Morgan fingerprint density at radius 3 is 2.65 bits per heavy atom. The monoisotopic (exact) mass is 510 g/mol. The molecule has 1 unspecified atom stereocenters. The number of anilines is 1. The number of hydrogen-bond donors (Lipinski definition) is 2. The molecule has 9 heteroatoms. The van der Waals surface area contributed by atoms with Gasteiger partial charge >= 0.3 is 0 Å². The van der Waals surface area contributed by atoms with Gasteiger partial charge in [0.05, 0.1) is 23.9 Å². The van der Waals surface area contributed by atoms with E-state index in [4.69, 9.17) is 4.74 Å². The van der Waals surface area contributed by atoms with Crippen molar-refractivity contribution in [1.82, 2.24) is 14.7 Å². The van der Waals surface area contributed by atoms with Crippen LogP contribution >= 0.6 is 0 Å². The molecule has 2 aromatic carbocycles. The largest absolute Gasteiger partial charge is 0.491 e. The van der Waals surface area contributed by atoms with Gasteiger partial charge in [0, 0.05) is 58.3 Å². The van der Waals surface area contributed by atoms with E-state index < -0.39 is 11.9 Å². The third-order valence-corrected chi connectivity index (χ3v) is 7.62. The minimum absolute atomic E-state index is 0.0116. The van der Waals surface area contributed by atoms with E-state index in [0.29, 0.717) is 44.6 Å². The summed E-state index contributed by atoms with van der Waals surface area (Å²) in [6.45, 7) is 5.66. The van der Waals surface area contributed by atoms with Gasteiger partial charge in [-0.3, -0.25) is 14.5 Å². The highest BCUT2D eigenvalue weighted by Crippen LogP contribution is 2.31. The highest BCUT2D eigenvalue weighted by molar-refractivity contribution is 5.98. The third-order valence-electron chi connectivity index (χ3n) is 7.62. The molecule has 2 amide bonds. The number of β-amino-alcohol motifs (C(OH)–C–C–N with tert-alkyl or cyclic N) is 1. The highest BCUT2D eigenvalue weighted by atomic mass is 19.1. The minimum Gasteiger partial charge on any atom is -0.491 e. The van der Waals surface area contributed by atoms with Gasteiger partial charge in [0.2, 0.25) is 5.91 Å². The zero-order chi connectivity index (χ0) is 25.9. The van der Waals surface area contributed by atoms with Crippen molar-refractivity contribution in [3.63, 3.8) is 0 Å². The molecule has 198 valence electrons. The predicted molar refractivity (Wildman–Crippen MR) is 138 cm³/mol. The van der Waals surface area contributed by atoms with Crippen LogP contribution in [0.4, 0.5) is 10.1 Å². The van der Waals surface area contributed by atoms with Gasteiger partial charge in [0.1, 0.15) is 18.2 Å². The number of carbonyl (C=O) groups is 2. The lowest BCUT2D eigenvalue weighted by Gasteiger charge is -2.32. The summed E-state index contributed by atoms with van der Waals surface area (Å²) >= 11 is 0. The van der Waals surface area contributed by atoms with Gasteiger partial charge in [0.25, 0.3) is 5.91 Å². The van der Waals surface area contributed by atoms with Crippen LogP contribution in [0.3, 0.4) is 0 Å². The molecule has 2 aromatic rings. The lowest BCUT2D eigenvalue weighted by Crippen LogP contribution is -2.44. The second-order valence-corrected chi connectivity index (χ2v) is 10.3. The molecular formula is C28H35FN4O4. The summed E-state index contributed by atoms with van der Waals surface area (Å²) in [5.41, 5.74) is 3.18. The van der Waals surface area contributed by atoms with Crippen molar-refractivity contribution < 1.29 is 23.8 Å². The summed E-state index contributed by atoms with van der Waals surface area (Å²) in [5, 5.41) is 14.1. The fraction of sp³-hybridized carbons (Fsp3) is 0.500. The molecule has 37 heavy (non-hydrogen) atoms. The standard InChI is InChI=1S/C28H35FN4O4/c1-19(34)32-10-7-22(8-11-32)30-26-14-24-27(15-25(26)29)37-13-12-33(28(24)36)18-23(35)17-31-9-6-20-4-2-3-5-21(20)16-31/h2-5,14-15,22-23,30,35H,6-13,16-18H2,1H3. The number of piperidine rings is 1. The molecule has 2 N–H and O–H groups in total. The summed E-state index contributed by atoms with van der Waals surface area (Å²) in [6, 6.07) is 11.2.